The zero-order valence-corrected chi connectivity index (χ0v) is 20.0. The maximum atomic E-state index is 12.3. The maximum absolute atomic E-state index is 12.3. The Hall–Kier alpha value is -2.73. The molecule has 0 amide bonds. The van der Waals surface area contributed by atoms with Gasteiger partial charge in [-0.1, -0.05) is 64.0 Å². The van der Waals surface area contributed by atoms with Gasteiger partial charge in [0.1, 0.15) is 19.0 Å². The van der Waals surface area contributed by atoms with Crippen molar-refractivity contribution in [3.8, 4) is 17.2 Å². The molecule has 0 atom stereocenters. The second-order valence-electron chi connectivity index (χ2n) is 7.98. The van der Waals surface area contributed by atoms with Gasteiger partial charge in [-0.3, -0.25) is 0 Å². The molecule has 6 nitrogen and oxygen atoms in total. The Morgan fingerprint density at radius 3 is 2.12 bits per heavy atom. The van der Waals surface area contributed by atoms with Crippen LogP contribution in [0.15, 0.2) is 42.5 Å². The molecule has 182 valence electrons. The summed E-state index contributed by atoms with van der Waals surface area (Å²) in [7, 11) is 1.54. The van der Waals surface area contributed by atoms with E-state index in [2.05, 4.69) is 6.92 Å². The summed E-state index contributed by atoms with van der Waals surface area (Å²) >= 11 is 0. The zero-order chi connectivity index (χ0) is 23.7. The molecule has 33 heavy (non-hydrogen) atoms. The first kappa shape index (κ1) is 26.5. The van der Waals surface area contributed by atoms with Gasteiger partial charge in [0.2, 0.25) is 0 Å². The average molecular weight is 459 g/mol. The molecule has 0 aliphatic rings. The highest BCUT2D eigenvalue weighted by molar-refractivity contribution is 5.90. The molecule has 0 aliphatic heterocycles. The van der Waals surface area contributed by atoms with Crippen molar-refractivity contribution < 1.29 is 28.8 Å². The second-order valence-corrected chi connectivity index (χ2v) is 7.98. The third kappa shape index (κ3) is 10.2. The van der Waals surface area contributed by atoms with E-state index in [1.807, 2.05) is 12.1 Å². The number of unbranched alkanes of at least 4 members (excludes halogenated alkanes) is 7. The van der Waals surface area contributed by atoms with Crippen molar-refractivity contribution in [3.63, 3.8) is 0 Å². The fourth-order valence-corrected chi connectivity index (χ4v) is 3.40. The molecule has 2 aromatic carbocycles. The molecule has 2 aromatic rings. The Kier molecular flexibility index (Phi) is 12.8. The number of benzene rings is 2. The van der Waals surface area contributed by atoms with Crippen molar-refractivity contribution in [1.82, 2.24) is 0 Å². The fraction of sp³-hybridized carbons (Fsp3) is 0.519. The lowest BCUT2D eigenvalue weighted by Crippen LogP contribution is -2.10. The van der Waals surface area contributed by atoms with Gasteiger partial charge in [-0.2, -0.15) is 0 Å². The molecule has 1 N–H and O–H groups in total. The minimum Gasteiger partial charge on any atom is -0.493 e. The van der Waals surface area contributed by atoms with Crippen molar-refractivity contribution in [2.45, 2.75) is 64.9 Å². The molecule has 0 fully saturated rings. The summed E-state index contributed by atoms with van der Waals surface area (Å²) in [5.41, 5.74) is 1.28. The van der Waals surface area contributed by atoms with Crippen LogP contribution in [-0.4, -0.2) is 38.0 Å². The Bertz CT molecular complexity index is 803. The fourth-order valence-electron chi connectivity index (χ4n) is 3.40. The Labute approximate surface area is 197 Å². The van der Waals surface area contributed by atoms with Crippen LogP contribution in [0.2, 0.25) is 0 Å². The van der Waals surface area contributed by atoms with E-state index >= 15 is 0 Å². The van der Waals surface area contributed by atoms with E-state index in [0.29, 0.717) is 42.6 Å². The summed E-state index contributed by atoms with van der Waals surface area (Å²) in [5.74, 6) is 1.37. The van der Waals surface area contributed by atoms with E-state index in [4.69, 9.17) is 24.1 Å². The summed E-state index contributed by atoms with van der Waals surface area (Å²) in [5, 5.41) is 9.07. The molecular formula is C27H38O6. The lowest BCUT2D eigenvalue weighted by molar-refractivity contribution is 0.0497. The number of hydrogen-bond donors (Lipinski definition) is 1. The topological polar surface area (TPSA) is 74.2 Å². The van der Waals surface area contributed by atoms with Crippen molar-refractivity contribution >= 4 is 5.97 Å². The van der Waals surface area contributed by atoms with Crippen LogP contribution in [-0.2, 0) is 11.3 Å². The van der Waals surface area contributed by atoms with E-state index in [9.17, 15) is 4.79 Å². The molecule has 6 heteroatoms. The predicted molar refractivity (Wildman–Crippen MR) is 129 cm³/mol. The van der Waals surface area contributed by atoms with Crippen LogP contribution in [0.1, 0.15) is 74.2 Å². The molecule has 0 bridgehead atoms. The number of aliphatic hydroxyl groups is 1. The molecule has 0 aromatic heterocycles. The van der Waals surface area contributed by atoms with Crippen LogP contribution in [0.4, 0.5) is 0 Å². The number of hydrogen-bond acceptors (Lipinski definition) is 6. The number of carbonyl (C=O) groups excluding carboxylic acids is 1. The molecule has 0 saturated heterocycles. The average Bonchev–Trinajstić information content (AvgIpc) is 2.85. The number of ether oxygens (including phenoxy) is 4. The lowest BCUT2D eigenvalue weighted by Gasteiger charge is -2.13. The van der Waals surface area contributed by atoms with Crippen molar-refractivity contribution in [3.05, 3.63) is 53.6 Å². The van der Waals surface area contributed by atoms with Crippen molar-refractivity contribution in [2.75, 3.05) is 26.9 Å². The summed E-state index contributed by atoms with van der Waals surface area (Å²) in [6.07, 6.45) is 9.63. The normalized spacial score (nSPS) is 10.6. The van der Waals surface area contributed by atoms with Crippen LogP contribution in [0, 0.1) is 0 Å². The van der Waals surface area contributed by atoms with Gasteiger partial charge >= 0.3 is 5.97 Å². The van der Waals surface area contributed by atoms with Gasteiger partial charge in [0.05, 0.1) is 25.9 Å². The first-order valence-corrected chi connectivity index (χ1v) is 12.0. The summed E-state index contributed by atoms with van der Waals surface area (Å²) < 4.78 is 22.2. The Balaban J connectivity index is 1.69. The minimum absolute atomic E-state index is 0.00587. The standard InChI is InChI=1S/C27H38O6/c1-3-4-5-6-7-8-9-10-17-33-27(29)23-13-16-25(26(20-23)30-2)32-19-18-31-24-14-11-22(21-28)12-15-24/h11-16,20,28H,3-10,17-19,21H2,1-2H3. The SMILES string of the molecule is CCCCCCCCCCOC(=O)c1ccc(OCCOc2ccc(CO)cc2)c(OC)c1. The summed E-state index contributed by atoms with van der Waals surface area (Å²) in [6.45, 7) is 3.34. The molecular weight excluding hydrogens is 420 g/mol. The molecule has 0 spiro atoms. The van der Waals surface area contributed by atoms with Gasteiger partial charge in [0.25, 0.3) is 0 Å². The van der Waals surface area contributed by atoms with Crippen LogP contribution in [0.5, 0.6) is 17.2 Å². The van der Waals surface area contributed by atoms with Crippen LogP contribution >= 0.6 is 0 Å². The third-order valence-electron chi connectivity index (χ3n) is 5.35. The molecule has 0 saturated carbocycles. The highest BCUT2D eigenvalue weighted by Gasteiger charge is 2.12. The van der Waals surface area contributed by atoms with Gasteiger partial charge in [-0.15, -0.1) is 0 Å². The predicted octanol–water partition coefficient (Wildman–Crippen LogP) is 5.94. The summed E-state index contributed by atoms with van der Waals surface area (Å²) in [6, 6.07) is 12.3. The first-order chi connectivity index (χ1) is 16.2. The Morgan fingerprint density at radius 1 is 0.788 bits per heavy atom. The number of rotatable bonds is 17. The van der Waals surface area contributed by atoms with Gasteiger partial charge in [0, 0.05) is 0 Å². The minimum atomic E-state index is -0.350. The van der Waals surface area contributed by atoms with E-state index in [-0.39, 0.29) is 12.6 Å². The Morgan fingerprint density at radius 2 is 1.45 bits per heavy atom. The monoisotopic (exact) mass is 458 g/mol. The molecule has 0 heterocycles. The maximum Gasteiger partial charge on any atom is 0.338 e. The van der Waals surface area contributed by atoms with Crippen molar-refractivity contribution in [1.29, 1.82) is 0 Å². The first-order valence-electron chi connectivity index (χ1n) is 12.0. The zero-order valence-electron chi connectivity index (χ0n) is 20.0. The van der Waals surface area contributed by atoms with Gasteiger partial charge in [0.15, 0.2) is 11.5 Å². The van der Waals surface area contributed by atoms with Gasteiger partial charge < -0.3 is 24.1 Å². The number of esters is 1. The third-order valence-corrected chi connectivity index (χ3v) is 5.35. The van der Waals surface area contributed by atoms with E-state index < -0.39 is 0 Å². The molecule has 0 unspecified atom stereocenters. The summed E-state index contributed by atoms with van der Waals surface area (Å²) in [4.78, 5) is 12.3. The van der Waals surface area contributed by atoms with Crippen LogP contribution in [0.25, 0.3) is 0 Å². The lowest BCUT2D eigenvalue weighted by atomic mass is 10.1. The van der Waals surface area contributed by atoms with Crippen LogP contribution in [0.3, 0.4) is 0 Å². The smallest absolute Gasteiger partial charge is 0.338 e. The van der Waals surface area contributed by atoms with E-state index in [0.717, 1.165) is 18.4 Å². The number of carbonyl (C=O) groups is 1. The highest BCUT2D eigenvalue weighted by Crippen LogP contribution is 2.28. The largest absolute Gasteiger partial charge is 0.493 e. The molecule has 0 radical (unpaired) electrons. The second kappa shape index (κ2) is 16.0. The highest BCUT2D eigenvalue weighted by atomic mass is 16.5. The van der Waals surface area contributed by atoms with Gasteiger partial charge in [-0.05, 0) is 42.3 Å². The molecule has 2 rings (SSSR count). The van der Waals surface area contributed by atoms with Crippen molar-refractivity contribution in [2.24, 2.45) is 0 Å². The number of methoxy groups -OCH3 is 1. The van der Waals surface area contributed by atoms with Gasteiger partial charge in [-0.25, -0.2) is 4.79 Å². The molecule has 0 aliphatic carbocycles. The van der Waals surface area contributed by atoms with E-state index in [1.165, 1.54) is 45.6 Å². The van der Waals surface area contributed by atoms with Crippen LogP contribution < -0.4 is 14.2 Å². The quantitative estimate of drug-likeness (QED) is 0.233. The van der Waals surface area contributed by atoms with E-state index in [1.54, 1.807) is 30.3 Å². The number of aliphatic hydroxyl groups excluding tert-OH is 1.